The van der Waals surface area contributed by atoms with Crippen molar-refractivity contribution in [2.24, 2.45) is 10.9 Å². The number of allylic oxidation sites excluding steroid dienone is 2. The van der Waals surface area contributed by atoms with Crippen LogP contribution in [0.15, 0.2) is 65.4 Å². The van der Waals surface area contributed by atoms with E-state index in [1.54, 1.807) is 29.5 Å². The Bertz CT molecular complexity index is 1260. The van der Waals surface area contributed by atoms with E-state index in [0.29, 0.717) is 12.2 Å². The van der Waals surface area contributed by atoms with Gasteiger partial charge in [-0.1, -0.05) is 42.0 Å². The normalized spacial score (nSPS) is 14.0. The van der Waals surface area contributed by atoms with E-state index in [0.717, 1.165) is 53.2 Å². The summed E-state index contributed by atoms with van der Waals surface area (Å²) >= 11 is 1.68. The fourth-order valence-corrected chi connectivity index (χ4v) is 5.48. The molecule has 1 saturated carbocycles. The van der Waals surface area contributed by atoms with Gasteiger partial charge in [0.25, 0.3) is 0 Å². The number of nitriles is 1. The van der Waals surface area contributed by atoms with E-state index in [-0.39, 0.29) is 5.82 Å². The Morgan fingerprint density at radius 1 is 1.19 bits per heavy atom. The van der Waals surface area contributed by atoms with Crippen molar-refractivity contribution in [3.05, 3.63) is 98.0 Å². The Morgan fingerprint density at radius 2 is 1.97 bits per heavy atom. The smallest absolute Gasteiger partial charge is 0.123 e. The highest BCUT2D eigenvalue weighted by Crippen LogP contribution is 2.36. The van der Waals surface area contributed by atoms with Crippen molar-refractivity contribution in [2.45, 2.75) is 45.2 Å². The Morgan fingerprint density at radius 3 is 2.62 bits per heavy atom. The van der Waals surface area contributed by atoms with Crippen LogP contribution in [-0.4, -0.2) is 25.5 Å². The summed E-state index contributed by atoms with van der Waals surface area (Å²) in [6, 6.07) is 16.6. The molecule has 1 fully saturated rings. The summed E-state index contributed by atoms with van der Waals surface area (Å²) in [4.78, 5) is 14.1. The minimum atomic E-state index is -0.198. The van der Waals surface area contributed by atoms with Crippen LogP contribution < -0.4 is 11.1 Å². The van der Waals surface area contributed by atoms with E-state index in [1.807, 2.05) is 31.3 Å². The molecule has 0 unspecified atom stereocenters. The Hall–Kier alpha value is -3.38. The van der Waals surface area contributed by atoms with Crippen LogP contribution >= 0.6 is 11.3 Å². The summed E-state index contributed by atoms with van der Waals surface area (Å²) < 4.78 is 13.3. The number of nitroso groups, excluding NO2 is 1. The number of thiophene rings is 1. The van der Waals surface area contributed by atoms with Crippen molar-refractivity contribution in [1.82, 2.24) is 4.90 Å². The first-order valence-corrected chi connectivity index (χ1v) is 13.3. The quantitative estimate of drug-likeness (QED) is 0.280. The van der Waals surface area contributed by atoms with Gasteiger partial charge in [0.05, 0.1) is 5.56 Å². The summed E-state index contributed by atoms with van der Waals surface area (Å²) in [5, 5.41) is 16.4. The number of fused-ring (bicyclic) bond motifs is 1. The molecule has 0 atom stereocenters. The van der Waals surface area contributed by atoms with Gasteiger partial charge < -0.3 is 11.1 Å². The van der Waals surface area contributed by atoms with Crippen LogP contribution in [0.5, 0.6) is 0 Å². The predicted octanol–water partition coefficient (Wildman–Crippen LogP) is 6.67. The van der Waals surface area contributed by atoms with E-state index in [2.05, 4.69) is 33.3 Å². The number of halogens is 1. The molecule has 0 amide bonds. The number of benzene rings is 2. The molecule has 3 N–H and O–H groups in total. The van der Waals surface area contributed by atoms with E-state index in [9.17, 15) is 14.6 Å². The van der Waals surface area contributed by atoms with Crippen molar-refractivity contribution < 1.29 is 4.39 Å². The number of rotatable bonds is 6. The number of hydrogen-bond donors (Lipinski definition) is 2. The number of hydrogen-bond acceptors (Lipinski definition) is 7. The molecule has 6 nitrogen and oxygen atoms in total. The Balaban J connectivity index is 0.000000207. The number of nitrogens with zero attached hydrogens (tertiary/aromatic N) is 3. The lowest BCUT2D eigenvalue weighted by atomic mass is 9.91. The lowest BCUT2D eigenvalue weighted by Gasteiger charge is -2.27. The largest absolute Gasteiger partial charge is 0.379 e. The molecule has 1 aliphatic carbocycles. The SMILES string of the molecule is CN.CNc1sc2c(c1C#N)CN(Cc1cccc(F)c1)CC2.O=Nc1ccccc1CC=C1CCC1. The van der Waals surface area contributed by atoms with Gasteiger partial charge in [0.1, 0.15) is 22.6 Å². The van der Waals surface area contributed by atoms with Gasteiger partial charge in [-0.2, -0.15) is 5.26 Å². The summed E-state index contributed by atoms with van der Waals surface area (Å²) in [6.07, 6.45) is 7.81. The lowest BCUT2D eigenvalue weighted by Crippen LogP contribution is -2.29. The van der Waals surface area contributed by atoms with Crippen LogP contribution in [0, 0.1) is 22.1 Å². The van der Waals surface area contributed by atoms with Gasteiger partial charge in [-0.15, -0.1) is 16.2 Å². The highest BCUT2D eigenvalue weighted by Gasteiger charge is 2.24. The Kier molecular flexibility index (Phi) is 11.0. The maximum Gasteiger partial charge on any atom is 0.123 e. The zero-order chi connectivity index (χ0) is 26.6. The summed E-state index contributed by atoms with van der Waals surface area (Å²) in [6.45, 7) is 2.41. The summed E-state index contributed by atoms with van der Waals surface area (Å²) in [7, 11) is 3.35. The minimum Gasteiger partial charge on any atom is -0.379 e. The van der Waals surface area contributed by atoms with Crippen molar-refractivity contribution >= 4 is 22.0 Å². The van der Waals surface area contributed by atoms with Gasteiger partial charge in [-0.3, -0.25) is 4.90 Å². The zero-order valence-electron chi connectivity index (χ0n) is 21.5. The van der Waals surface area contributed by atoms with Crippen LogP contribution in [0.1, 0.15) is 46.4 Å². The minimum absolute atomic E-state index is 0.198. The zero-order valence-corrected chi connectivity index (χ0v) is 22.3. The molecule has 2 heterocycles. The van der Waals surface area contributed by atoms with Crippen molar-refractivity contribution in [3.8, 4) is 6.07 Å². The second-order valence-electron chi connectivity index (χ2n) is 8.80. The molecule has 0 radical (unpaired) electrons. The maximum absolute atomic E-state index is 13.3. The van der Waals surface area contributed by atoms with Crippen LogP contribution in [0.3, 0.4) is 0 Å². The average molecular weight is 520 g/mol. The van der Waals surface area contributed by atoms with Gasteiger partial charge in [-0.05, 0) is 73.7 Å². The average Bonchev–Trinajstić information content (AvgIpc) is 3.26. The van der Waals surface area contributed by atoms with E-state index >= 15 is 0 Å². The standard InChI is InChI=1S/C16H16FN3S.C12H13NO.CH5N/c1-19-16-13(8-18)14-10-20(6-5-15(14)21-16)9-11-3-2-4-12(17)7-11;14-13-12-7-2-1-6-11(12)9-8-10-4-3-5-10;1-2/h2-4,7,19H,5-6,9-10H2,1H3;1-2,6-8H,3-5,9H2;2H2,1H3. The van der Waals surface area contributed by atoms with Crippen LogP contribution in [0.2, 0.25) is 0 Å². The van der Waals surface area contributed by atoms with Crippen LogP contribution in [0.25, 0.3) is 0 Å². The van der Waals surface area contributed by atoms with Gasteiger partial charge in [-0.25, -0.2) is 4.39 Å². The molecule has 37 heavy (non-hydrogen) atoms. The molecule has 0 saturated heterocycles. The summed E-state index contributed by atoms with van der Waals surface area (Å²) in [5.74, 6) is -0.198. The molecular weight excluding hydrogens is 485 g/mol. The molecule has 1 aliphatic heterocycles. The lowest BCUT2D eigenvalue weighted by molar-refractivity contribution is 0.247. The molecule has 2 aliphatic rings. The monoisotopic (exact) mass is 519 g/mol. The number of nitrogens with two attached hydrogens (primary N) is 1. The van der Waals surface area contributed by atoms with Gasteiger partial charge >= 0.3 is 0 Å². The van der Waals surface area contributed by atoms with Crippen LogP contribution in [0.4, 0.5) is 15.1 Å². The van der Waals surface area contributed by atoms with E-state index in [1.165, 1.54) is 42.8 Å². The second-order valence-corrected chi connectivity index (χ2v) is 9.91. The second kappa shape index (κ2) is 14.4. The topological polar surface area (TPSA) is 94.5 Å². The molecule has 3 aromatic rings. The van der Waals surface area contributed by atoms with E-state index in [4.69, 9.17) is 0 Å². The first-order valence-electron chi connectivity index (χ1n) is 12.5. The molecule has 2 aromatic carbocycles. The van der Waals surface area contributed by atoms with E-state index < -0.39 is 0 Å². The van der Waals surface area contributed by atoms with Crippen LogP contribution in [-0.2, 0) is 25.9 Å². The number of nitrogens with one attached hydrogen (secondary N) is 1. The fraction of sp³-hybridized carbons (Fsp3) is 0.345. The number of anilines is 1. The molecule has 8 heteroatoms. The van der Waals surface area contributed by atoms with Crippen molar-refractivity contribution in [2.75, 3.05) is 26.0 Å². The third-order valence-electron chi connectivity index (χ3n) is 6.46. The third-order valence-corrected chi connectivity index (χ3v) is 7.77. The summed E-state index contributed by atoms with van der Waals surface area (Å²) in [5.41, 5.74) is 10.5. The molecule has 5 rings (SSSR count). The Labute approximate surface area is 222 Å². The van der Waals surface area contributed by atoms with Crippen molar-refractivity contribution in [1.29, 1.82) is 5.26 Å². The van der Waals surface area contributed by atoms with Gasteiger partial charge in [0, 0.05) is 37.1 Å². The highest BCUT2D eigenvalue weighted by molar-refractivity contribution is 7.16. The molecular formula is C29H34FN5OS. The van der Waals surface area contributed by atoms with Gasteiger partial charge in [0.15, 0.2) is 0 Å². The first-order chi connectivity index (χ1) is 18.1. The highest BCUT2D eigenvalue weighted by atomic mass is 32.1. The first kappa shape index (κ1) is 28.2. The molecule has 194 valence electrons. The predicted molar refractivity (Wildman–Crippen MR) is 150 cm³/mol. The van der Waals surface area contributed by atoms with Gasteiger partial charge in [0.2, 0.25) is 0 Å². The third kappa shape index (κ3) is 7.56. The molecule has 0 bridgehead atoms. The molecule has 1 aromatic heterocycles. The maximum atomic E-state index is 13.3. The van der Waals surface area contributed by atoms with Crippen molar-refractivity contribution in [3.63, 3.8) is 0 Å². The fourth-order valence-electron chi connectivity index (χ4n) is 4.38. The molecule has 0 spiro atoms.